The van der Waals surface area contributed by atoms with E-state index in [-0.39, 0.29) is 16.6 Å². The van der Waals surface area contributed by atoms with E-state index in [1.165, 1.54) is 7.11 Å². The monoisotopic (exact) mass is 517 g/mol. The lowest BCUT2D eigenvalue weighted by molar-refractivity contribution is -0.0230. The molecule has 37 heavy (non-hydrogen) atoms. The topological polar surface area (TPSA) is 110 Å². The number of carbonyl (C=O) groups excluding carboxylic acids is 1. The fourth-order valence-electron chi connectivity index (χ4n) is 4.81. The number of piperidine rings is 1. The molecule has 0 bridgehead atoms. The number of sulfone groups is 1. The van der Waals surface area contributed by atoms with Crippen LogP contribution in [-0.4, -0.2) is 54.5 Å². The van der Waals surface area contributed by atoms with Gasteiger partial charge >= 0.3 is 0 Å². The molecule has 0 spiro atoms. The zero-order valence-electron chi connectivity index (χ0n) is 20.4. The molecule has 3 heterocycles. The number of likely N-dealkylation sites (tertiary alicyclic amines) is 1. The molecule has 1 saturated heterocycles. The lowest BCUT2D eigenvalue weighted by atomic mass is 9.84. The number of ether oxygens (including phenoxy) is 1. The van der Waals surface area contributed by atoms with Crippen LogP contribution in [0, 0.1) is 0 Å². The van der Waals surface area contributed by atoms with Gasteiger partial charge < -0.3 is 14.7 Å². The third kappa shape index (κ3) is 4.92. The molecule has 190 valence electrons. The standard InChI is InChI=1S/C28H27N3O5S/c1-36-26-23(7-4-16-30-26)28(33)13-17-31(18-14-28)27(32)22-11-9-20(10-12-22)19-37(34,35)24-8-2-5-21-6-3-15-29-25(21)24/h2-12,15-16,33H,13-14,17-19H2,1H3. The molecule has 9 heteroatoms. The summed E-state index contributed by atoms with van der Waals surface area (Å²) < 4.78 is 31.6. The summed E-state index contributed by atoms with van der Waals surface area (Å²) in [7, 11) is -2.12. The number of para-hydroxylation sites is 1. The van der Waals surface area contributed by atoms with Crippen LogP contribution >= 0.6 is 0 Å². The van der Waals surface area contributed by atoms with Gasteiger partial charge in [0.05, 0.1) is 28.9 Å². The van der Waals surface area contributed by atoms with Crippen LogP contribution in [0.1, 0.15) is 34.3 Å². The van der Waals surface area contributed by atoms with Crippen molar-refractivity contribution < 1.29 is 23.1 Å². The molecule has 0 radical (unpaired) electrons. The lowest BCUT2D eigenvalue weighted by Crippen LogP contribution is -2.45. The average Bonchev–Trinajstić information content (AvgIpc) is 2.93. The van der Waals surface area contributed by atoms with Crippen LogP contribution in [0.4, 0.5) is 0 Å². The highest BCUT2D eigenvalue weighted by Gasteiger charge is 2.38. The van der Waals surface area contributed by atoms with Crippen molar-refractivity contribution >= 4 is 26.6 Å². The average molecular weight is 518 g/mol. The summed E-state index contributed by atoms with van der Waals surface area (Å²) in [4.78, 5) is 23.4. The Morgan fingerprint density at radius 2 is 1.65 bits per heavy atom. The van der Waals surface area contributed by atoms with Crippen LogP contribution in [0.15, 0.2) is 84.0 Å². The molecular weight excluding hydrogens is 490 g/mol. The van der Waals surface area contributed by atoms with E-state index >= 15 is 0 Å². The molecule has 4 aromatic rings. The lowest BCUT2D eigenvalue weighted by Gasteiger charge is -2.38. The first-order valence-corrected chi connectivity index (χ1v) is 13.6. The minimum Gasteiger partial charge on any atom is -0.481 e. The van der Waals surface area contributed by atoms with Crippen molar-refractivity contribution in [2.45, 2.75) is 29.1 Å². The molecule has 5 rings (SSSR count). The van der Waals surface area contributed by atoms with E-state index in [9.17, 15) is 18.3 Å². The van der Waals surface area contributed by atoms with E-state index in [4.69, 9.17) is 4.74 Å². The molecule has 1 aliphatic heterocycles. The van der Waals surface area contributed by atoms with Gasteiger partial charge in [0.25, 0.3) is 5.91 Å². The number of hydrogen-bond donors (Lipinski definition) is 1. The van der Waals surface area contributed by atoms with E-state index in [1.807, 2.05) is 12.1 Å². The van der Waals surface area contributed by atoms with Crippen LogP contribution in [0.5, 0.6) is 5.88 Å². The molecule has 1 amide bonds. The van der Waals surface area contributed by atoms with Gasteiger partial charge in [0.15, 0.2) is 9.84 Å². The van der Waals surface area contributed by atoms with Gasteiger partial charge in [-0.1, -0.05) is 30.3 Å². The van der Waals surface area contributed by atoms with E-state index in [0.717, 1.165) is 5.39 Å². The third-order valence-corrected chi connectivity index (χ3v) is 8.54. The molecule has 0 atom stereocenters. The molecule has 2 aromatic heterocycles. The summed E-state index contributed by atoms with van der Waals surface area (Å²) in [6, 6.07) is 18.9. The highest BCUT2D eigenvalue weighted by molar-refractivity contribution is 7.90. The van der Waals surface area contributed by atoms with Crippen molar-refractivity contribution in [3.8, 4) is 5.88 Å². The fraction of sp³-hybridized carbons (Fsp3) is 0.250. The highest BCUT2D eigenvalue weighted by Crippen LogP contribution is 2.37. The van der Waals surface area contributed by atoms with E-state index < -0.39 is 15.4 Å². The molecule has 0 aliphatic carbocycles. The largest absolute Gasteiger partial charge is 0.481 e. The second kappa shape index (κ2) is 9.91. The number of aliphatic hydroxyl groups is 1. The number of benzene rings is 2. The Labute approximate surface area is 215 Å². The van der Waals surface area contributed by atoms with Crippen molar-refractivity contribution in [1.29, 1.82) is 0 Å². The van der Waals surface area contributed by atoms with Crippen LogP contribution < -0.4 is 4.74 Å². The van der Waals surface area contributed by atoms with Gasteiger partial charge in [-0.05, 0) is 54.8 Å². The van der Waals surface area contributed by atoms with Gasteiger partial charge in [-0.2, -0.15) is 0 Å². The SMILES string of the molecule is COc1ncccc1C1(O)CCN(C(=O)c2ccc(CS(=O)(=O)c3cccc4cccnc34)cc2)CC1. The van der Waals surface area contributed by atoms with E-state index in [1.54, 1.807) is 71.9 Å². The number of nitrogens with zero attached hydrogens (tertiary/aromatic N) is 3. The smallest absolute Gasteiger partial charge is 0.253 e. The second-order valence-electron chi connectivity index (χ2n) is 9.17. The van der Waals surface area contributed by atoms with Gasteiger partial charge in [0.1, 0.15) is 0 Å². The minimum absolute atomic E-state index is 0.159. The Balaban J connectivity index is 1.27. The van der Waals surface area contributed by atoms with Crippen LogP contribution in [0.3, 0.4) is 0 Å². The van der Waals surface area contributed by atoms with E-state index in [0.29, 0.717) is 54.0 Å². The molecule has 8 nitrogen and oxygen atoms in total. The summed E-state index contributed by atoms with van der Waals surface area (Å²) in [5.41, 5.74) is 1.01. The number of fused-ring (bicyclic) bond motifs is 1. The van der Waals surface area contributed by atoms with Crippen LogP contribution in [0.2, 0.25) is 0 Å². The van der Waals surface area contributed by atoms with Crippen molar-refractivity contribution in [3.63, 3.8) is 0 Å². The predicted octanol–water partition coefficient (Wildman–Crippen LogP) is 3.74. The van der Waals surface area contributed by atoms with Gasteiger partial charge in [-0.3, -0.25) is 9.78 Å². The number of carbonyl (C=O) groups is 1. The van der Waals surface area contributed by atoms with Crippen LogP contribution in [-0.2, 0) is 21.2 Å². The number of hydrogen-bond acceptors (Lipinski definition) is 7. The summed E-state index contributed by atoms with van der Waals surface area (Å²) in [6.07, 6.45) is 3.90. The first-order valence-electron chi connectivity index (χ1n) is 12.0. The molecular formula is C28H27N3O5S. The first kappa shape index (κ1) is 24.9. The van der Waals surface area contributed by atoms with Crippen molar-refractivity contribution in [1.82, 2.24) is 14.9 Å². The molecule has 2 aromatic carbocycles. The Hall–Kier alpha value is -3.82. The summed E-state index contributed by atoms with van der Waals surface area (Å²) in [6.45, 7) is 0.745. The number of amides is 1. The Morgan fingerprint density at radius 1 is 0.973 bits per heavy atom. The Morgan fingerprint density at radius 3 is 2.38 bits per heavy atom. The predicted molar refractivity (Wildman–Crippen MR) is 139 cm³/mol. The zero-order chi connectivity index (χ0) is 26.0. The summed E-state index contributed by atoms with van der Waals surface area (Å²) in [5.74, 6) is 0.0309. The maximum Gasteiger partial charge on any atom is 0.253 e. The van der Waals surface area contributed by atoms with Gasteiger partial charge in [0, 0.05) is 42.0 Å². The first-order chi connectivity index (χ1) is 17.8. The summed E-state index contributed by atoms with van der Waals surface area (Å²) >= 11 is 0. The maximum atomic E-state index is 13.2. The minimum atomic E-state index is -3.64. The maximum absolute atomic E-state index is 13.2. The fourth-order valence-corrected chi connectivity index (χ4v) is 6.35. The van der Waals surface area contributed by atoms with Crippen LogP contribution in [0.25, 0.3) is 10.9 Å². The Bertz CT molecular complexity index is 1540. The van der Waals surface area contributed by atoms with Gasteiger partial charge in [0.2, 0.25) is 5.88 Å². The third-order valence-electron chi connectivity index (χ3n) is 6.83. The quantitative estimate of drug-likeness (QED) is 0.415. The molecule has 1 N–H and O–H groups in total. The van der Waals surface area contributed by atoms with Crippen molar-refractivity contribution in [2.75, 3.05) is 20.2 Å². The number of methoxy groups -OCH3 is 1. The molecule has 1 aliphatic rings. The molecule has 0 unspecified atom stereocenters. The van der Waals surface area contributed by atoms with Gasteiger partial charge in [-0.25, -0.2) is 13.4 Å². The molecule has 0 saturated carbocycles. The second-order valence-corrected chi connectivity index (χ2v) is 11.1. The van der Waals surface area contributed by atoms with Crippen molar-refractivity contribution in [3.05, 3.63) is 95.8 Å². The summed E-state index contributed by atoms with van der Waals surface area (Å²) in [5, 5.41) is 12.0. The van der Waals surface area contributed by atoms with Gasteiger partial charge in [-0.15, -0.1) is 0 Å². The number of rotatable bonds is 6. The highest BCUT2D eigenvalue weighted by atomic mass is 32.2. The molecule has 1 fully saturated rings. The van der Waals surface area contributed by atoms with Crippen molar-refractivity contribution in [2.24, 2.45) is 0 Å². The Kier molecular flexibility index (Phi) is 6.66. The normalized spacial score (nSPS) is 15.5. The number of aromatic nitrogens is 2. The van der Waals surface area contributed by atoms with E-state index in [2.05, 4.69) is 9.97 Å². The zero-order valence-corrected chi connectivity index (χ0v) is 21.2. The number of pyridine rings is 2.